The van der Waals surface area contributed by atoms with Crippen LogP contribution in [-0.2, 0) is 14.3 Å². The summed E-state index contributed by atoms with van der Waals surface area (Å²) in [6.45, 7) is 12.6. The molecule has 2 aromatic carbocycles. The Hall–Kier alpha value is -3.46. The van der Waals surface area contributed by atoms with Crippen LogP contribution in [0.25, 0.3) is 0 Å². The summed E-state index contributed by atoms with van der Waals surface area (Å²) in [4.78, 5) is 41.8. The average molecular weight is 542 g/mol. The summed E-state index contributed by atoms with van der Waals surface area (Å²) >= 11 is 1.53. The van der Waals surface area contributed by atoms with Crippen LogP contribution >= 0.6 is 11.8 Å². The number of nitrogens with zero attached hydrogens (tertiary/aromatic N) is 1. The van der Waals surface area contributed by atoms with E-state index in [-0.39, 0.29) is 17.9 Å². The van der Waals surface area contributed by atoms with Crippen LogP contribution < -0.4 is 10.6 Å². The Kier molecular flexibility index (Phi) is 11.3. The number of carbonyl (C=O) groups excluding carboxylic acids is 3. The summed E-state index contributed by atoms with van der Waals surface area (Å²) in [7, 11) is 0. The first-order chi connectivity index (χ1) is 17.9. The van der Waals surface area contributed by atoms with Crippen LogP contribution in [0.3, 0.4) is 0 Å². The Labute approximate surface area is 229 Å². The van der Waals surface area contributed by atoms with Crippen LogP contribution in [0.2, 0.25) is 0 Å². The molecule has 0 fully saturated rings. The maximum Gasteiger partial charge on any atom is 0.408 e. The van der Waals surface area contributed by atoms with E-state index < -0.39 is 35.6 Å². The lowest BCUT2D eigenvalue weighted by Gasteiger charge is -2.34. The number of nitrogens with one attached hydrogen (secondary N) is 2. The molecule has 0 aliphatic heterocycles. The van der Waals surface area contributed by atoms with E-state index in [9.17, 15) is 19.5 Å². The van der Waals surface area contributed by atoms with Crippen molar-refractivity contribution in [2.45, 2.75) is 58.7 Å². The maximum atomic E-state index is 14.0. The van der Waals surface area contributed by atoms with Crippen molar-refractivity contribution in [1.29, 1.82) is 0 Å². The number of rotatable bonds is 11. The van der Waals surface area contributed by atoms with E-state index in [0.717, 1.165) is 5.56 Å². The molecule has 9 heteroatoms. The number of amides is 3. The molecule has 2 unspecified atom stereocenters. The van der Waals surface area contributed by atoms with Crippen molar-refractivity contribution >= 4 is 35.4 Å². The van der Waals surface area contributed by atoms with Gasteiger partial charge in [-0.2, -0.15) is 11.8 Å². The van der Waals surface area contributed by atoms with Crippen LogP contribution in [0.1, 0.15) is 49.9 Å². The lowest BCUT2D eigenvalue weighted by molar-refractivity contribution is -0.140. The second-order valence-corrected chi connectivity index (χ2v) is 11.0. The minimum atomic E-state index is -1.20. The van der Waals surface area contributed by atoms with E-state index >= 15 is 0 Å². The number of anilines is 1. The Bertz CT molecular complexity index is 1150. The van der Waals surface area contributed by atoms with E-state index in [0.29, 0.717) is 23.4 Å². The van der Waals surface area contributed by atoms with Gasteiger partial charge in [0.25, 0.3) is 5.91 Å². The molecule has 38 heavy (non-hydrogen) atoms. The van der Waals surface area contributed by atoms with Crippen molar-refractivity contribution in [3.8, 4) is 5.75 Å². The van der Waals surface area contributed by atoms with E-state index in [4.69, 9.17) is 4.74 Å². The molecule has 0 heterocycles. The van der Waals surface area contributed by atoms with Gasteiger partial charge in [-0.3, -0.25) is 9.59 Å². The monoisotopic (exact) mass is 541 g/mol. The van der Waals surface area contributed by atoms with Crippen molar-refractivity contribution in [2.75, 3.05) is 23.9 Å². The van der Waals surface area contributed by atoms with Crippen molar-refractivity contribution in [1.82, 2.24) is 10.2 Å². The highest BCUT2D eigenvalue weighted by atomic mass is 32.2. The van der Waals surface area contributed by atoms with Crippen LogP contribution in [0.5, 0.6) is 5.75 Å². The largest absolute Gasteiger partial charge is 0.507 e. The summed E-state index contributed by atoms with van der Waals surface area (Å²) < 4.78 is 5.39. The summed E-state index contributed by atoms with van der Waals surface area (Å²) in [6.07, 6.45) is 3.01. The minimum Gasteiger partial charge on any atom is -0.507 e. The van der Waals surface area contributed by atoms with E-state index in [1.54, 1.807) is 58.0 Å². The molecule has 0 aromatic heterocycles. The fraction of sp³-hybridized carbons (Fsp3) is 0.414. The van der Waals surface area contributed by atoms with Crippen LogP contribution in [0, 0.1) is 13.8 Å². The van der Waals surface area contributed by atoms with E-state index in [1.165, 1.54) is 22.7 Å². The Morgan fingerprint density at radius 3 is 2.37 bits per heavy atom. The van der Waals surface area contributed by atoms with Gasteiger partial charge < -0.3 is 25.4 Å². The number of alkyl carbamates (subject to hydrolysis) is 1. The molecule has 2 atom stereocenters. The number of para-hydroxylation sites is 2. The van der Waals surface area contributed by atoms with Gasteiger partial charge in [0.15, 0.2) is 0 Å². The van der Waals surface area contributed by atoms with E-state index in [2.05, 4.69) is 17.2 Å². The quantitative estimate of drug-likeness (QED) is 0.331. The number of aromatic hydroxyl groups is 1. The Balaban J connectivity index is 2.55. The number of benzene rings is 2. The molecule has 8 nitrogen and oxygen atoms in total. The molecule has 2 rings (SSSR count). The van der Waals surface area contributed by atoms with Gasteiger partial charge in [0, 0.05) is 17.8 Å². The number of hydrogen-bond donors (Lipinski definition) is 3. The third-order valence-electron chi connectivity index (χ3n) is 5.74. The summed E-state index contributed by atoms with van der Waals surface area (Å²) in [5, 5.41) is 16.5. The molecule has 0 aliphatic rings. The maximum absolute atomic E-state index is 14.0. The number of carbonyl (C=O) groups is 3. The van der Waals surface area contributed by atoms with Gasteiger partial charge in [0.05, 0.1) is 0 Å². The first-order valence-corrected chi connectivity index (χ1v) is 13.8. The molecule has 0 saturated heterocycles. The highest BCUT2D eigenvalue weighted by Gasteiger charge is 2.37. The van der Waals surface area contributed by atoms with Crippen LogP contribution in [-0.4, -0.2) is 58.1 Å². The smallest absolute Gasteiger partial charge is 0.408 e. The normalized spacial score (nSPS) is 12.7. The van der Waals surface area contributed by atoms with Gasteiger partial charge in [-0.1, -0.05) is 42.5 Å². The van der Waals surface area contributed by atoms with Crippen molar-refractivity contribution < 1.29 is 24.2 Å². The molecule has 3 N–H and O–H groups in total. The molecule has 0 bridgehead atoms. The Morgan fingerprint density at radius 1 is 1.11 bits per heavy atom. The second-order valence-electron chi connectivity index (χ2n) is 9.98. The van der Waals surface area contributed by atoms with Crippen LogP contribution in [0.15, 0.2) is 55.1 Å². The highest BCUT2D eigenvalue weighted by Crippen LogP contribution is 2.33. The van der Waals surface area contributed by atoms with Gasteiger partial charge in [-0.15, -0.1) is 6.58 Å². The lowest BCUT2D eigenvalue weighted by atomic mass is 9.98. The highest BCUT2D eigenvalue weighted by molar-refractivity contribution is 7.98. The number of thioether (sulfide) groups is 1. The molecular weight excluding hydrogens is 502 g/mol. The zero-order chi connectivity index (χ0) is 28.5. The van der Waals surface area contributed by atoms with Gasteiger partial charge in [0.1, 0.15) is 23.4 Å². The fourth-order valence-electron chi connectivity index (χ4n) is 3.87. The van der Waals surface area contributed by atoms with Gasteiger partial charge >= 0.3 is 6.09 Å². The van der Waals surface area contributed by atoms with Gasteiger partial charge in [-0.05, 0) is 70.2 Å². The summed E-state index contributed by atoms with van der Waals surface area (Å²) in [5.41, 5.74) is 1.52. The van der Waals surface area contributed by atoms with Crippen molar-refractivity contribution in [3.63, 3.8) is 0 Å². The lowest BCUT2D eigenvalue weighted by Crippen LogP contribution is -2.52. The van der Waals surface area contributed by atoms with Crippen molar-refractivity contribution in [2.24, 2.45) is 0 Å². The van der Waals surface area contributed by atoms with Gasteiger partial charge in [-0.25, -0.2) is 4.79 Å². The number of hydrogen-bond acceptors (Lipinski definition) is 6. The first kappa shape index (κ1) is 30.8. The van der Waals surface area contributed by atoms with E-state index in [1.807, 2.05) is 25.3 Å². The predicted molar refractivity (Wildman–Crippen MR) is 153 cm³/mol. The third-order valence-corrected chi connectivity index (χ3v) is 6.38. The molecule has 2 aromatic rings. The minimum absolute atomic E-state index is 0.00381. The molecule has 3 amide bonds. The Morgan fingerprint density at radius 2 is 1.76 bits per heavy atom. The molecule has 0 aliphatic carbocycles. The molecule has 206 valence electrons. The number of ether oxygens (including phenoxy) is 1. The molecular formula is C29H39N3O5S. The SMILES string of the molecule is C=CCN(C(=O)C(CCSC)NC(=O)OC(C)(C)C)C(C(=O)Nc1ccccc1C)c1cccc(C)c1O. The predicted octanol–water partition coefficient (Wildman–Crippen LogP) is 5.35. The fourth-order valence-corrected chi connectivity index (χ4v) is 4.34. The summed E-state index contributed by atoms with van der Waals surface area (Å²) in [5.74, 6) is -0.490. The molecule has 0 radical (unpaired) electrons. The van der Waals surface area contributed by atoms with Crippen LogP contribution in [0.4, 0.5) is 10.5 Å². The summed E-state index contributed by atoms with van der Waals surface area (Å²) in [6, 6.07) is 10.2. The number of phenols is 1. The molecule has 0 spiro atoms. The average Bonchev–Trinajstić information content (AvgIpc) is 2.83. The first-order valence-electron chi connectivity index (χ1n) is 12.4. The third kappa shape index (κ3) is 8.55. The zero-order valence-corrected chi connectivity index (χ0v) is 23.9. The van der Waals surface area contributed by atoms with Gasteiger partial charge in [0.2, 0.25) is 5.91 Å². The van der Waals surface area contributed by atoms with Crippen molar-refractivity contribution in [3.05, 3.63) is 71.8 Å². The topological polar surface area (TPSA) is 108 Å². The molecule has 0 saturated carbocycles. The number of aryl methyl sites for hydroxylation is 2. The second kappa shape index (κ2) is 13.9. The number of phenolic OH excluding ortho intramolecular Hbond substituents is 1. The standard InChI is InChI=1S/C29H39N3O5S/c1-8-17-32(27(35)23(16-18-38-7)31-28(36)37-29(4,5)6)24(21-14-11-13-20(3)25(21)33)26(34)30-22-15-10-9-12-19(22)2/h8-15,23-24,33H,1,16-18H2,2-7H3,(H,30,34)(H,31,36). The zero-order valence-electron chi connectivity index (χ0n) is 23.0.